The quantitative estimate of drug-likeness (QED) is 0.771. The van der Waals surface area contributed by atoms with E-state index in [9.17, 15) is 13.2 Å². The number of hydrogen-bond acceptors (Lipinski definition) is 6. The number of rotatable bonds is 3. The molecule has 3 aromatic rings. The van der Waals surface area contributed by atoms with Gasteiger partial charge in [0.25, 0.3) is 0 Å². The first kappa shape index (κ1) is 15.0. The lowest BCUT2D eigenvalue weighted by Gasteiger charge is -2.12. The summed E-state index contributed by atoms with van der Waals surface area (Å²) in [7, 11) is 3.17. The first-order valence-corrected chi connectivity index (χ1v) is 6.54. The number of hydrogen-bond donors (Lipinski definition) is 2. The van der Waals surface area contributed by atoms with Crippen LogP contribution in [-0.2, 0) is 13.2 Å². The van der Waals surface area contributed by atoms with Crippen molar-refractivity contribution in [2.45, 2.75) is 6.18 Å². The van der Waals surface area contributed by atoms with Gasteiger partial charge >= 0.3 is 6.18 Å². The molecule has 10 heteroatoms. The fourth-order valence-corrected chi connectivity index (χ4v) is 2.18. The molecule has 0 unspecified atom stereocenters. The van der Waals surface area contributed by atoms with Crippen LogP contribution < -0.4 is 10.6 Å². The second kappa shape index (κ2) is 5.38. The van der Waals surface area contributed by atoms with E-state index in [2.05, 4.69) is 30.6 Å². The highest BCUT2D eigenvalue weighted by molar-refractivity contribution is 5.91. The third-order valence-corrected chi connectivity index (χ3v) is 3.22. The third kappa shape index (κ3) is 2.74. The van der Waals surface area contributed by atoms with E-state index in [0.717, 1.165) is 6.20 Å². The molecule has 0 saturated carbocycles. The first-order chi connectivity index (χ1) is 10.9. The van der Waals surface area contributed by atoms with Crippen LogP contribution in [0.4, 0.5) is 30.6 Å². The zero-order chi connectivity index (χ0) is 16.6. The number of aryl methyl sites for hydroxylation is 1. The van der Waals surface area contributed by atoms with Gasteiger partial charge < -0.3 is 15.2 Å². The standard InChI is InChI=1S/C13H12F3N7/c1-17-10-8(13(14,15)16)4-19-12(22-10)21-9-5-23(2)11-7(9)3-18-6-20-11/h3-6H,1-2H3,(H2,17,19,21,22). The maximum atomic E-state index is 12.8. The van der Waals surface area contributed by atoms with E-state index in [1.807, 2.05) is 0 Å². The molecule has 0 bridgehead atoms. The molecule has 23 heavy (non-hydrogen) atoms. The Morgan fingerprint density at radius 1 is 1.17 bits per heavy atom. The number of fused-ring (bicyclic) bond motifs is 1. The number of nitrogens with one attached hydrogen (secondary N) is 2. The Bertz CT molecular complexity index is 856. The molecule has 0 aliphatic heterocycles. The Labute approximate surface area is 128 Å². The molecular weight excluding hydrogens is 311 g/mol. The number of alkyl halides is 3. The Morgan fingerprint density at radius 2 is 1.96 bits per heavy atom. The number of aromatic nitrogens is 5. The van der Waals surface area contributed by atoms with Crippen molar-refractivity contribution in [3.8, 4) is 0 Å². The fourth-order valence-electron chi connectivity index (χ4n) is 2.18. The second-order valence-corrected chi connectivity index (χ2v) is 4.74. The van der Waals surface area contributed by atoms with Crippen molar-refractivity contribution in [3.05, 3.63) is 30.5 Å². The van der Waals surface area contributed by atoms with E-state index in [0.29, 0.717) is 16.7 Å². The maximum Gasteiger partial charge on any atom is 0.421 e. The van der Waals surface area contributed by atoms with Crippen molar-refractivity contribution in [1.82, 2.24) is 24.5 Å². The van der Waals surface area contributed by atoms with E-state index in [4.69, 9.17) is 0 Å². The van der Waals surface area contributed by atoms with Crippen molar-refractivity contribution in [1.29, 1.82) is 0 Å². The minimum absolute atomic E-state index is 0.0405. The molecule has 0 aliphatic carbocycles. The van der Waals surface area contributed by atoms with Gasteiger partial charge in [-0.2, -0.15) is 18.2 Å². The van der Waals surface area contributed by atoms with Crippen molar-refractivity contribution in [2.24, 2.45) is 7.05 Å². The predicted octanol–water partition coefficient (Wildman–Crippen LogP) is 2.56. The van der Waals surface area contributed by atoms with Gasteiger partial charge in [-0.3, -0.25) is 0 Å². The summed E-state index contributed by atoms with van der Waals surface area (Å²) in [4.78, 5) is 15.7. The molecule has 7 nitrogen and oxygen atoms in total. The van der Waals surface area contributed by atoms with Gasteiger partial charge in [0.05, 0.1) is 11.1 Å². The largest absolute Gasteiger partial charge is 0.421 e. The van der Waals surface area contributed by atoms with Gasteiger partial charge in [0.2, 0.25) is 5.95 Å². The Balaban J connectivity index is 2.00. The molecule has 120 valence electrons. The number of halogens is 3. The molecule has 0 amide bonds. The molecule has 3 aromatic heterocycles. The van der Waals surface area contributed by atoms with E-state index < -0.39 is 11.7 Å². The second-order valence-electron chi connectivity index (χ2n) is 4.74. The summed E-state index contributed by atoms with van der Waals surface area (Å²) in [6, 6.07) is 0. The van der Waals surface area contributed by atoms with Crippen LogP contribution in [0.1, 0.15) is 5.56 Å². The summed E-state index contributed by atoms with van der Waals surface area (Å²) in [6.45, 7) is 0. The van der Waals surface area contributed by atoms with Crippen molar-refractivity contribution >= 4 is 28.5 Å². The van der Waals surface area contributed by atoms with Crippen LogP contribution in [0.5, 0.6) is 0 Å². The predicted molar refractivity (Wildman–Crippen MR) is 78.4 cm³/mol. The lowest BCUT2D eigenvalue weighted by Crippen LogP contribution is -2.12. The van der Waals surface area contributed by atoms with Crippen LogP contribution in [0.2, 0.25) is 0 Å². The zero-order valence-corrected chi connectivity index (χ0v) is 12.2. The highest BCUT2D eigenvalue weighted by Crippen LogP contribution is 2.34. The maximum absolute atomic E-state index is 12.8. The van der Waals surface area contributed by atoms with Crippen molar-refractivity contribution in [3.63, 3.8) is 0 Å². The molecule has 0 atom stereocenters. The molecule has 2 N–H and O–H groups in total. The molecule has 3 heterocycles. The van der Waals surface area contributed by atoms with Crippen LogP contribution in [-0.4, -0.2) is 31.6 Å². The van der Waals surface area contributed by atoms with E-state index in [1.54, 1.807) is 24.0 Å². The Morgan fingerprint density at radius 3 is 2.65 bits per heavy atom. The molecule has 0 aromatic carbocycles. The SMILES string of the molecule is CNc1nc(Nc2cn(C)c3ncncc23)ncc1C(F)(F)F. The molecule has 0 radical (unpaired) electrons. The average molecular weight is 323 g/mol. The lowest BCUT2D eigenvalue weighted by molar-refractivity contribution is -0.137. The van der Waals surface area contributed by atoms with E-state index >= 15 is 0 Å². The normalized spacial score (nSPS) is 11.7. The smallest absolute Gasteiger partial charge is 0.372 e. The highest BCUT2D eigenvalue weighted by Gasteiger charge is 2.35. The summed E-state index contributed by atoms with van der Waals surface area (Å²) < 4.78 is 40.3. The lowest BCUT2D eigenvalue weighted by atomic mass is 10.3. The summed E-state index contributed by atoms with van der Waals surface area (Å²) in [5.74, 6) is -0.259. The van der Waals surface area contributed by atoms with Crippen LogP contribution >= 0.6 is 0 Å². The van der Waals surface area contributed by atoms with Crippen LogP contribution in [0.3, 0.4) is 0 Å². The Hall–Kier alpha value is -2.91. The molecule has 3 rings (SSSR count). The molecule has 0 spiro atoms. The third-order valence-electron chi connectivity index (χ3n) is 3.22. The van der Waals surface area contributed by atoms with Gasteiger partial charge in [0.1, 0.15) is 23.4 Å². The zero-order valence-electron chi connectivity index (χ0n) is 12.2. The minimum atomic E-state index is -4.52. The topological polar surface area (TPSA) is 80.5 Å². The van der Waals surface area contributed by atoms with Gasteiger partial charge in [-0.15, -0.1) is 0 Å². The fraction of sp³-hybridized carbons (Fsp3) is 0.231. The summed E-state index contributed by atoms with van der Waals surface area (Å²) in [5, 5.41) is 6.03. The number of anilines is 3. The van der Waals surface area contributed by atoms with E-state index in [1.165, 1.54) is 13.4 Å². The van der Waals surface area contributed by atoms with Gasteiger partial charge in [-0.25, -0.2) is 15.0 Å². The molecule has 0 aliphatic rings. The van der Waals surface area contributed by atoms with Crippen LogP contribution in [0, 0.1) is 0 Å². The molecule has 0 fully saturated rings. The van der Waals surface area contributed by atoms with Crippen molar-refractivity contribution < 1.29 is 13.2 Å². The highest BCUT2D eigenvalue weighted by atomic mass is 19.4. The van der Waals surface area contributed by atoms with Gasteiger partial charge in [-0.05, 0) is 0 Å². The van der Waals surface area contributed by atoms with E-state index in [-0.39, 0.29) is 11.8 Å². The first-order valence-electron chi connectivity index (χ1n) is 6.54. The van der Waals surface area contributed by atoms with Crippen molar-refractivity contribution in [2.75, 3.05) is 17.7 Å². The molecule has 0 saturated heterocycles. The van der Waals surface area contributed by atoms with Crippen LogP contribution in [0.15, 0.2) is 24.9 Å². The van der Waals surface area contributed by atoms with Crippen LogP contribution in [0.25, 0.3) is 11.0 Å². The summed E-state index contributed by atoms with van der Waals surface area (Å²) in [6.07, 6.45) is 0.972. The Kier molecular flexibility index (Phi) is 3.51. The van der Waals surface area contributed by atoms with Gasteiger partial charge in [0, 0.05) is 32.7 Å². The summed E-state index contributed by atoms with van der Waals surface area (Å²) in [5.41, 5.74) is 0.361. The van der Waals surface area contributed by atoms with Gasteiger partial charge in [0.15, 0.2) is 0 Å². The summed E-state index contributed by atoms with van der Waals surface area (Å²) >= 11 is 0. The minimum Gasteiger partial charge on any atom is -0.372 e. The number of nitrogens with zero attached hydrogens (tertiary/aromatic N) is 5. The molecular formula is C13H12F3N7. The monoisotopic (exact) mass is 323 g/mol. The van der Waals surface area contributed by atoms with Gasteiger partial charge in [-0.1, -0.05) is 0 Å². The average Bonchev–Trinajstić information content (AvgIpc) is 2.83.